The van der Waals surface area contributed by atoms with Gasteiger partial charge in [-0.15, -0.1) is 0 Å². The molecular weight excluding hydrogens is 232 g/mol. The van der Waals surface area contributed by atoms with Crippen molar-refractivity contribution < 1.29 is 14.6 Å². The topological polar surface area (TPSA) is 75.8 Å². The molecular formula is C13H18N2O3. The van der Waals surface area contributed by atoms with E-state index in [-0.39, 0.29) is 17.7 Å². The van der Waals surface area contributed by atoms with Crippen LogP contribution < -0.4 is 10.5 Å². The number of carbonyl (C=O) groups excluding carboxylic acids is 1. The molecule has 2 rings (SSSR count). The molecule has 1 aromatic carbocycles. The van der Waals surface area contributed by atoms with Crippen molar-refractivity contribution in [3.05, 3.63) is 23.8 Å². The first-order chi connectivity index (χ1) is 8.61. The number of piperidine rings is 1. The predicted octanol–water partition coefficient (Wildman–Crippen LogP) is 0.964. The molecule has 1 aromatic rings. The number of benzene rings is 1. The second-order valence-electron chi connectivity index (χ2n) is 4.52. The lowest BCUT2D eigenvalue weighted by Crippen LogP contribution is -2.42. The standard InChI is InChI=1S/C13H18N2O3/c1-18-12-3-2-9(8-11(12)16)13(17)15-6-4-10(14)5-7-15/h2-3,8,10,16H,4-7,14H2,1H3. The van der Waals surface area contributed by atoms with E-state index in [0.29, 0.717) is 24.4 Å². The molecule has 1 aliphatic heterocycles. The molecule has 0 bridgehead atoms. The lowest BCUT2D eigenvalue weighted by molar-refractivity contribution is 0.0714. The van der Waals surface area contributed by atoms with Crippen LogP contribution in [0.15, 0.2) is 18.2 Å². The maximum Gasteiger partial charge on any atom is 0.253 e. The van der Waals surface area contributed by atoms with Crippen LogP contribution in [0.2, 0.25) is 0 Å². The Labute approximate surface area is 106 Å². The highest BCUT2D eigenvalue weighted by Crippen LogP contribution is 2.27. The van der Waals surface area contributed by atoms with Crippen molar-refractivity contribution in [2.45, 2.75) is 18.9 Å². The normalized spacial score (nSPS) is 16.7. The first-order valence-corrected chi connectivity index (χ1v) is 6.03. The average molecular weight is 250 g/mol. The zero-order valence-corrected chi connectivity index (χ0v) is 10.4. The number of carbonyl (C=O) groups is 1. The number of rotatable bonds is 2. The SMILES string of the molecule is COc1ccc(C(=O)N2CCC(N)CC2)cc1O. The van der Waals surface area contributed by atoms with E-state index in [2.05, 4.69) is 0 Å². The van der Waals surface area contributed by atoms with Crippen LogP contribution in [0.5, 0.6) is 11.5 Å². The summed E-state index contributed by atoms with van der Waals surface area (Å²) in [4.78, 5) is 14.0. The van der Waals surface area contributed by atoms with Gasteiger partial charge in [0.1, 0.15) is 0 Å². The Balaban J connectivity index is 2.11. The molecule has 5 nitrogen and oxygen atoms in total. The number of nitrogens with zero attached hydrogens (tertiary/aromatic N) is 1. The van der Waals surface area contributed by atoms with E-state index in [0.717, 1.165) is 12.8 Å². The van der Waals surface area contributed by atoms with Gasteiger partial charge < -0.3 is 20.5 Å². The van der Waals surface area contributed by atoms with Gasteiger partial charge in [-0.05, 0) is 31.0 Å². The highest BCUT2D eigenvalue weighted by atomic mass is 16.5. The summed E-state index contributed by atoms with van der Waals surface area (Å²) in [5, 5.41) is 9.66. The first kappa shape index (κ1) is 12.7. The van der Waals surface area contributed by atoms with Crippen LogP contribution in [0, 0.1) is 0 Å². The van der Waals surface area contributed by atoms with Gasteiger partial charge in [0, 0.05) is 24.7 Å². The maximum atomic E-state index is 12.2. The molecule has 0 atom stereocenters. The van der Waals surface area contributed by atoms with Crippen molar-refractivity contribution in [2.75, 3.05) is 20.2 Å². The summed E-state index contributed by atoms with van der Waals surface area (Å²) in [6.07, 6.45) is 1.65. The third-order valence-electron chi connectivity index (χ3n) is 3.25. The number of phenols is 1. The van der Waals surface area contributed by atoms with E-state index in [1.165, 1.54) is 13.2 Å². The molecule has 1 heterocycles. The number of ether oxygens (including phenoxy) is 1. The average Bonchev–Trinajstić information content (AvgIpc) is 2.38. The molecule has 0 aliphatic carbocycles. The molecule has 1 saturated heterocycles. The number of nitrogens with two attached hydrogens (primary N) is 1. The zero-order chi connectivity index (χ0) is 13.1. The van der Waals surface area contributed by atoms with Crippen LogP contribution in [0.25, 0.3) is 0 Å². The predicted molar refractivity (Wildman–Crippen MR) is 67.8 cm³/mol. The van der Waals surface area contributed by atoms with Crippen molar-refractivity contribution in [3.63, 3.8) is 0 Å². The Morgan fingerprint density at radius 3 is 2.67 bits per heavy atom. The molecule has 0 unspecified atom stereocenters. The molecule has 18 heavy (non-hydrogen) atoms. The van der Waals surface area contributed by atoms with Crippen molar-refractivity contribution >= 4 is 5.91 Å². The molecule has 0 aromatic heterocycles. The van der Waals surface area contributed by atoms with Gasteiger partial charge in [0.05, 0.1) is 7.11 Å². The van der Waals surface area contributed by atoms with Crippen LogP contribution in [0.1, 0.15) is 23.2 Å². The van der Waals surface area contributed by atoms with E-state index in [1.807, 2.05) is 0 Å². The highest BCUT2D eigenvalue weighted by molar-refractivity contribution is 5.95. The smallest absolute Gasteiger partial charge is 0.253 e. The lowest BCUT2D eigenvalue weighted by Gasteiger charge is -2.30. The molecule has 98 valence electrons. The van der Waals surface area contributed by atoms with Crippen LogP contribution >= 0.6 is 0 Å². The number of methoxy groups -OCH3 is 1. The summed E-state index contributed by atoms with van der Waals surface area (Å²) in [5.74, 6) is 0.282. The van der Waals surface area contributed by atoms with Crippen molar-refractivity contribution in [1.82, 2.24) is 4.90 Å². The first-order valence-electron chi connectivity index (χ1n) is 6.03. The number of phenolic OH excluding ortho intramolecular Hbond substituents is 1. The summed E-state index contributed by atoms with van der Waals surface area (Å²) in [7, 11) is 1.47. The van der Waals surface area contributed by atoms with Gasteiger partial charge in [0.15, 0.2) is 11.5 Å². The number of hydrogen-bond acceptors (Lipinski definition) is 4. The number of likely N-dealkylation sites (tertiary alicyclic amines) is 1. The van der Waals surface area contributed by atoms with Crippen molar-refractivity contribution in [1.29, 1.82) is 0 Å². The minimum atomic E-state index is -0.0696. The zero-order valence-electron chi connectivity index (χ0n) is 10.4. The molecule has 1 fully saturated rings. The fourth-order valence-electron chi connectivity index (χ4n) is 2.11. The van der Waals surface area contributed by atoms with E-state index < -0.39 is 0 Å². The summed E-state index contributed by atoms with van der Waals surface area (Å²) in [6, 6.07) is 4.89. The summed E-state index contributed by atoms with van der Waals surface area (Å²) in [6.45, 7) is 1.35. The van der Waals surface area contributed by atoms with Crippen molar-refractivity contribution in [3.8, 4) is 11.5 Å². The Morgan fingerprint density at radius 1 is 1.44 bits per heavy atom. The van der Waals surface area contributed by atoms with Gasteiger partial charge >= 0.3 is 0 Å². The van der Waals surface area contributed by atoms with Gasteiger partial charge in [-0.25, -0.2) is 0 Å². The van der Waals surface area contributed by atoms with Gasteiger partial charge in [-0.2, -0.15) is 0 Å². The lowest BCUT2D eigenvalue weighted by atomic mass is 10.0. The second-order valence-corrected chi connectivity index (χ2v) is 4.52. The third-order valence-corrected chi connectivity index (χ3v) is 3.25. The molecule has 1 aliphatic rings. The Hall–Kier alpha value is -1.75. The fourth-order valence-corrected chi connectivity index (χ4v) is 2.11. The van der Waals surface area contributed by atoms with Crippen LogP contribution in [0.4, 0.5) is 0 Å². The third kappa shape index (κ3) is 2.56. The Bertz CT molecular complexity index is 440. The maximum absolute atomic E-state index is 12.2. The number of amides is 1. The minimum Gasteiger partial charge on any atom is -0.504 e. The summed E-state index contributed by atoms with van der Waals surface area (Å²) < 4.78 is 4.95. The minimum absolute atomic E-state index is 0.0166. The fraction of sp³-hybridized carbons (Fsp3) is 0.462. The van der Waals surface area contributed by atoms with E-state index in [9.17, 15) is 9.90 Å². The molecule has 0 saturated carbocycles. The Kier molecular flexibility index (Phi) is 3.72. The van der Waals surface area contributed by atoms with Gasteiger partial charge in [0.2, 0.25) is 0 Å². The van der Waals surface area contributed by atoms with Crippen LogP contribution in [-0.4, -0.2) is 42.2 Å². The molecule has 3 N–H and O–H groups in total. The van der Waals surface area contributed by atoms with Crippen molar-refractivity contribution in [2.24, 2.45) is 5.73 Å². The largest absolute Gasteiger partial charge is 0.504 e. The van der Waals surface area contributed by atoms with Gasteiger partial charge in [-0.1, -0.05) is 0 Å². The quantitative estimate of drug-likeness (QED) is 0.820. The highest BCUT2D eigenvalue weighted by Gasteiger charge is 2.22. The molecule has 1 amide bonds. The van der Waals surface area contributed by atoms with Gasteiger partial charge in [-0.3, -0.25) is 4.79 Å². The molecule has 0 spiro atoms. The van der Waals surface area contributed by atoms with Gasteiger partial charge in [0.25, 0.3) is 5.91 Å². The second kappa shape index (κ2) is 5.27. The van der Waals surface area contributed by atoms with E-state index in [4.69, 9.17) is 10.5 Å². The Morgan fingerprint density at radius 2 is 2.11 bits per heavy atom. The summed E-state index contributed by atoms with van der Waals surface area (Å²) in [5.41, 5.74) is 6.28. The molecule has 0 radical (unpaired) electrons. The number of hydrogen-bond donors (Lipinski definition) is 2. The molecule has 5 heteroatoms. The van der Waals surface area contributed by atoms with E-state index in [1.54, 1.807) is 17.0 Å². The number of aromatic hydroxyl groups is 1. The summed E-state index contributed by atoms with van der Waals surface area (Å²) >= 11 is 0. The van der Waals surface area contributed by atoms with Crippen LogP contribution in [-0.2, 0) is 0 Å². The van der Waals surface area contributed by atoms with Crippen LogP contribution in [0.3, 0.4) is 0 Å². The van der Waals surface area contributed by atoms with E-state index >= 15 is 0 Å². The monoisotopic (exact) mass is 250 g/mol.